The van der Waals surface area contributed by atoms with Gasteiger partial charge in [-0.2, -0.15) is 0 Å². The first-order valence-corrected chi connectivity index (χ1v) is 7.04. The third-order valence-corrected chi connectivity index (χ3v) is 4.04. The second-order valence-electron chi connectivity index (χ2n) is 5.55. The lowest BCUT2D eigenvalue weighted by molar-refractivity contribution is -0.133. The topological polar surface area (TPSA) is 55.6 Å². The lowest BCUT2D eigenvalue weighted by Crippen LogP contribution is -2.31. The first-order chi connectivity index (χ1) is 9.24. The predicted octanol–water partition coefficient (Wildman–Crippen LogP) is 2.07. The average molecular weight is 264 g/mol. The highest BCUT2D eigenvalue weighted by Crippen LogP contribution is 2.33. The van der Waals surface area contributed by atoms with Crippen LogP contribution in [0, 0.1) is 12.8 Å². The van der Waals surface area contributed by atoms with E-state index in [0.29, 0.717) is 12.3 Å². The molecule has 0 spiro atoms. The summed E-state index contributed by atoms with van der Waals surface area (Å²) in [6, 6.07) is 2.02. The fourth-order valence-corrected chi connectivity index (χ4v) is 3.01. The van der Waals surface area contributed by atoms with Gasteiger partial charge in [0.25, 0.3) is 0 Å². The van der Waals surface area contributed by atoms with Gasteiger partial charge in [-0.1, -0.05) is 5.16 Å². The third-order valence-electron chi connectivity index (χ3n) is 4.04. The smallest absolute Gasteiger partial charge is 0.223 e. The molecule has 0 bridgehead atoms. The Morgan fingerprint density at radius 2 is 2.42 bits per heavy atom. The first-order valence-electron chi connectivity index (χ1n) is 7.04. The standard InChI is InChI=1S/C14H20N2O3/c1-10-7-13(19-15-10)12-3-2-5-16(12)14(17)8-11-4-6-18-9-11/h7,11-12H,2-6,8-9H2,1H3. The summed E-state index contributed by atoms with van der Waals surface area (Å²) in [6.07, 6.45) is 3.62. The van der Waals surface area contributed by atoms with E-state index in [1.165, 1.54) is 0 Å². The fraction of sp³-hybridized carbons (Fsp3) is 0.714. The van der Waals surface area contributed by atoms with E-state index in [0.717, 1.165) is 50.5 Å². The van der Waals surface area contributed by atoms with Crippen LogP contribution in [-0.2, 0) is 9.53 Å². The summed E-state index contributed by atoms with van der Waals surface area (Å²) in [5, 5.41) is 3.93. The Morgan fingerprint density at radius 3 is 3.11 bits per heavy atom. The summed E-state index contributed by atoms with van der Waals surface area (Å²) in [6.45, 7) is 4.26. The molecule has 1 aromatic rings. The summed E-state index contributed by atoms with van der Waals surface area (Å²) in [5.41, 5.74) is 0.874. The number of ether oxygens (including phenoxy) is 1. The zero-order chi connectivity index (χ0) is 13.2. The van der Waals surface area contributed by atoms with Crippen LogP contribution in [0.25, 0.3) is 0 Å². The number of aromatic nitrogens is 1. The van der Waals surface area contributed by atoms with Crippen LogP contribution in [0.4, 0.5) is 0 Å². The van der Waals surface area contributed by atoms with E-state index in [-0.39, 0.29) is 11.9 Å². The van der Waals surface area contributed by atoms with Crippen molar-refractivity contribution in [1.29, 1.82) is 0 Å². The Hall–Kier alpha value is -1.36. The molecule has 104 valence electrons. The number of aryl methyl sites for hydroxylation is 1. The number of amides is 1. The van der Waals surface area contributed by atoms with E-state index in [9.17, 15) is 4.79 Å². The molecule has 0 aliphatic carbocycles. The highest BCUT2D eigenvalue weighted by Gasteiger charge is 2.33. The minimum Gasteiger partial charge on any atom is -0.381 e. The maximum atomic E-state index is 12.4. The molecule has 2 saturated heterocycles. The third kappa shape index (κ3) is 2.66. The molecule has 2 aliphatic rings. The number of likely N-dealkylation sites (tertiary alicyclic amines) is 1. The normalized spacial score (nSPS) is 27.1. The van der Waals surface area contributed by atoms with Crippen LogP contribution in [0.3, 0.4) is 0 Å². The second-order valence-corrected chi connectivity index (χ2v) is 5.55. The van der Waals surface area contributed by atoms with E-state index in [2.05, 4.69) is 5.16 Å². The highest BCUT2D eigenvalue weighted by atomic mass is 16.5. The van der Waals surface area contributed by atoms with Gasteiger partial charge >= 0.3 is 0 Å². The van der Waals surface area contributed by atoms with Gasteiger partial charge in [0, 0.05) is 32.2 Å². The van der Waals surface area contributed by atoms with Crippen molar-refractivity contribution in [2.24, 2.45) is 5.92 Å². The maximum absolute atomic E-state index is 12.4. The van der Waals surface area contributed by atoms with E-state index >= 15 is 0 Å². The van der Waals surface area contributed by atoms with E-state index in [4.69, 9.17) is 9.26 Å². The molecule has 0 radical (unpaired) electrons. The van der Waals surface area contributed by atoms with E-state index < -0.39 is 0 Å². The molecule has 5 nitrogen and oxygen atoms in total. The highest BCUT2D eigenvalue weighted by molar-refractivity contribution is 5.77. The SMILES string of the molecule is Cc1cc(C2CCCN2C(=O)CC2CCOC2)on1. The minimum absolute atomic E-state index is 0.0796. The van der Waals surface area contributed by atoms with Crippen molar-refractivity contribution in [2.45, 2.75) is 38.6 Å². The van der Waals surface area contributed by atoms with Gasteiger partial charge in [0.15, 0.2) is 5.76 Å². The molecule has 19 heavy (non-hydrogen) atoms. The van der Waals surface area contributed by atoms with Crippen LogP contribution in [0.15, 0.2) is 10.6 Å². The molecule has 1 aromatic heterocycles. The van der Waals surface area contributed by atoms with Gasteiger partial charge in [-0.3, -0.25) is 4.79 Å². The van der Waals surface area contributed by atoms with Crippen molar-refractivity contribution in [1.82, 2.24) is 10.1 Å². The van der Waals surface area contributed by atoms with Crippen molar-refractivity contribution < 1.29 is 14.1 Å². The molecule has 2 aliphatic heterocycles. The Morgan fingerprint density at radius 1 is 1.53 bits per heavy atom. The van der Waals surface area contributed by atoms with Crippen LogP contribution < -0.4 is 0 Å². The lowest BCUT2D eigenvalue weighted by atomic mass is 10.0. The lowest BCUT2D eigenvalue weighted by Gasteiger charge is -2.23. The number of carbonyl (C=O) groups is 1. The maximum Gasteiger partial charge on any atom is 0.223 e. The molecular formula is C14H20N2O3. The van der Waals surface area contributed by atoms with Crippen molar-refractivity contribution in [3.63, 3.8) is 0 Å². The molecular weight excluding hydrogens is 244 g/mol. The molecule has 2 atom stereocenters. The average Bonchev–Trinajstić information content (AvgIpc) is 3.07. The molecule has 3 rings (SSSR count). The largest absolute Gasteiger partial charge is 0.381 e. The summed E-state index contributed by atoms with van der Waals surface area (Å²) in [7, 11) is 0. The summed E-state index contributed by atoms with van der Waals surface area (Å²) in [4.78, 5) is 14.4. The Labute approximate surface area is 112 Å². The predicted molar refractivity (Wildman–Crippen MR) is 68.5 cm³/mol. The monoisotopic (exact) mass is 264 g/mol. The molecule has 3 heterocycles. The van der Waals surface area contributed by atoms with Crippen molar-refractivity contribution in [3.05, 3.63) is 17.5 Å². The summed E-state index contributed by atoms with van der Waals surface area (Å²) < 4.78 is 10.7. The molecule has 1 amide bonds. The van der Waals surface area contributed by atoms with Crippen LogP contribution in [-0.4, -0.2) is 35.7 Å². The molecule has 5 heteroatoms. The fourth-order valence-electron chi connectivity index (χ4n) is 3.01. The Bertz CT molecular complexity index is 451. The van der Waals surface area contributed by atoms with Crippen molar-refractivity contribution >= 4 is 5.91 Å². The van der Waals surface area contributed by atoms with Crippen molar-refractivity contribution in [2.75, 3.05) is 19.8 Å². The Balaban J connectivity index is 1.66. The van der Waals surface area contributed by atoms with Crippen LogP contribution in [0.1, 0.15) is 43.2 Å². The zero-order valence-electron chi connectivity index (χ0n) is 11.3. The molecule has 2 unspecified atom stereocenters. The number of rotatable bonds is 3. The molecule has 2 fully saturated rings. The van der Waals surface area contributed by atoms with E-state index in [1.54, 1.807) is 0 Å². The van der Waals surface area contributed by atoms with Gasteiger partial charge in [-0.25, -0.2) is 0 Å². The number of nitrogens with zero attached hydrogens (tertiary/aromatic N) is 2. The molecule has 0 N–H and O–H groups in total. The van der Waals surface area contributed by atoms with Crippen LogP contribution in [0.5, 0.6) is 0 Å². The zero-order valence-corrected chi connectivity index (χ0v) is 11.3. The van der Waals surface area contributed by atoms with E-state index in [1.807, 2.05) is 17.9 Å². The Kier molecular flexibility index (Phi) is 3.55. The summed E-state index contributed by atoms with van der Waals surface area (Å²) >= 11 is 0. The molecule has 0 aromatic carbocycles. The summed E-state index contributed by atoms with van der Waals surface area (Å²) in [5.74, 6) is 1.45. The quantitative estimate of drug-likeness (QED) is 0.838. The van der Waals surface area contributed by atoms with Crippen LogP contribution >= 0.6 is 0 Å². The first kappa shape index (κ1) is 12.7. The molecule has 0 saturated carbocycles. The van der Waals surface area contributed by atoms with Gasteiger partial charge in [-0.05, 0) is 32.1 Å². The van der Waals surface area contributed by atoms with Gasteiger partial charge in [0.05, 0.1) is 11.7 Å². The van der Waals surface area contributed by atoms with Crippen LogP contribution in [0.2, 0.25) is 0 Å². The van der Waals surface area contributed by atoms with Gasteiger partial charge in [0.1, 0.15) is 0 Å². The minimum atomic E-state index is 0.0796. The second kappa shape index (κ2) is 5.33. The van der Waals surface area contributed by atoms with Crippen molar-refractivity contribution in [3.8, 4) is 0 Å². The van der Waals surface area contributed by atoms with Gasteiger partial charge in [-0.15, -0.1) is 0 Å². The number of carbonyl (C=O) groups excluding carboxylic acids is 1. The van der Waals surface area contributed by atoms with Gasteiger partial charge in [0.2, 0.25) is 5.91 Å². The number of hydrogen-bond acceptors (Lipinski definition) is 4. The van der Waals surface area contributed by atoms with Gasteiger partial charge < -0.3 is 14.2 Å². The number of hydrogen-bond donors (Lipinski definition) is 0.